The van der Waals surface area contributed by atoms with Gasteiger partial charge < -0.3 is 9.47 Å². The van der Waals surface area contributed by atoms with Crippen molar-refractivity contribution in [2.24, 2.45) is 0 Å². The Morgan fingerprint density at radius 3 is 2.80 bits per heavy atom. The zero-order chi connectivity index (χ0) is 14.5. The summed E-state index contributed by atoms with van der Waals surface area (Å²) in [4.78, 5) is 15.7. The maximum absolute atomic E-state index is 11.8. The fourth-order valence-electron chi connectivity index (χ4n) is 1.54. The minimum Gasteiger partial charge on any atom is -0.496 e. The van der Waals surface area contributed by atoms with Gasteiger partial charge in [0, 0.05) is 11.2 Å². The molecule has 2 aromatic rings. The van der Waals surface area contributed by atoms with E-state index in [0.717, 1.165) is 15.8 Å². The molecular weight excluding hydrogens is 346 g/mol. The van der Waals surface area contributed by atoms with Gasteiger partial charge in [-0.3, -0.25) is 0 Å². The van der Waals surface area contributed by atoms with Gasteiger partial charge in [-0.05, 0) is 45.8 Å². The van der Waals surface area contributed by atoms with Crippen LogP contribution in [-0.4, -0.2) is 18.1 Å². The Kier molecular flexibility index (Phi) is 4.98. The standard InChI is InChI=1S/C14H11BrClNO3/c1-19-13-3-2-9(6-11(13)15)8-20-14(18)12-7-10(16)4-5-17-12/h2-7H,8H2,1H3. The van der Waals surface area contributed by atoms with Crippen LogP contribution in [0.1, 0.15) is 16.1 Å². The van der Waals surface area contributed by atoms with Gasteiger partial charge in [0.25, 0.3) is 0 Å². The first-order valence-electron chi connectivity index (χ1n) is 5.71. The maximum Gasteiger partial charge on any atom is 0.357 e. The molecule has 4 nitrogen and oxygen atoms in total. The second-order valence-corrected chi connectivity index (χ2v) is 5.20. The van der Waals surface area contributed by atoms with Crippen LogP contribution in [0, 0.1) is 0 Å². The number of aromatic nitrogens is 1. The first-order chi connectivity index (χ1) is 9.60. The number of carbonyl (C=O) groups excluding carboxylic acids is 1. The number of methoxy groups -OCH3 is 1. The molecule has 0 radical (unpaired) electrons. The molecule has 2 rings (SSSR count). The highest BCUT2D eigenvalue weighted by molar-refractivity contribution is 9.10. The van der Waals surface area contributed by atoms with E-state index in [-0.39, 0.29) is 12.3 Å². The summed E-state index contributed by atoms with van der Waals surface area (Å²) in [7, 11) is 1.59. The summed E-state index contributed by atoms with van der Waals surface area (Å²) in [5.41, 5.74) is 1.03. The van der Waals surface area contributed by atoms with Crippen molar-refractivity contribution in [3.8, 4) is 5.75 Å². The van der Waals surface area contributed by atoms with E-state index in [4.69, 9.17) is 21.1 Å². The number of hydrogen-bond donors (Lipinski definition) is 0. The van der Waals surface area contributed by atoms with Crippen LogP contribution in [0.2, 0.25) is 5.02 Å². The Balaban J connectivity index is 2.02. The molecule has 0 N–H and O–H groups in total. The predicted octanol–water partition coefficient (Wildman–Crippen LogP) is 3.86. The van der Waals surface area contributed by atoms with Gasteiger partial charge >= 0.3 is 5.97 Å². The monoisotopic (exact) mass is 355 g/mol. The fraction of sp³-hybridized carbons (Fsp3) is 0.143. The fourth-order valence-corrected chi connectivity index (χ4v) is 2.29. The number of hydrogen-bond acceptors (Lipinski definition) is 4. The number of nitrogens with zero attached hydrogens (tertiary/aromatic N) is 1. The average Bonchev–Trinajstić information content (AvgIpc) is 2.45. The number of pyridine rings is 1. The summed E-state index contributed by atoms with van der Waals surface area (Å²) >= 11 is 9.17. The summed E-state index contributed by atoms with van der Waals surface area (Å²) in [6.07, 6.45) is 1.46. The molecule has 0 spiro atoms. The van der Waals surface area contributed by atoms with Crippen molar-refractivity contribution in [1.29, 1.82) is 0 Å². The van der Waals surface area contributed by atoms with Crippen LogP contribution in [0.5, 0.6) is 5.75 Å². The van der Waals surface area contributed by atoms with Gasteiger partial charge in [0.05, 0.1) is 11.6 Å². The molecular formula is C14H11BrClNO3. The molecule has 0 amide bonds. The van der Waals surface area contributed by atoms with Crippen LogP contribution in [-0.2, 0) is 11.3 Å². The molecule has 0 fully saturated rings. The van der Waals surface area contributed by atoms with E-state index in [9.17, 15) is 4.79 Å². The van der Waals surface area contributed by atoms with Crippen LogP contribution >= 0.6 is 27.5 Å². The van der Waals surface area contributed by atoms with Crippen molar-refractivity contribution in [2.75, 3.05) is 7.11 Å². The molecule has 0 aliphatic heterocycles. The lowest BCUT2D eigenvalue weighted by Gasteiger charge is -2.07. The van der Waals surface area contributed by atoms with Crippen molar-refractivity contribution in [2.45, 2.75) is 6.61 Å². The first-order valence-corrected chi connectivity index (χ1v) is 6.88. The van der Waals surface area contributed by atoms with Crippen LogP contribution in [0.15, 0.2) is 41.0 Å². The molecule has 0 aliphatic rings. The molecule has 0 saturated heterocycles. The Morgan fingerprint density at radius 2 is 2.15 bits per heavy atom. The van der Waals surface area contributed by atoms with E-state index in [1.54, 1.807) is 19.2 Å². The van der Waals surface area contributed by atoms with Crippen molar-refractivity contribution in [1.82, 2.24) is 4.98 Å². The predicted molar refractivity (Wildman–Crippen MR) is 79.1 cm³/mol. The molecule has 1 aromatic carbocycles. The van der Waals surface area contributed by atoms with Gasteiger partial charge in [-0.25, -0.2) is 9.78 Å². The topological polar surface area (TPSA) is 48.4 Å². The van der Waals surface area contributed by atoms with Crippen LogP contribution in [0.3, 0.4) is 0 Å². The zero-order valence-electron chi connectivity index (χ0n) is 10.6. The molecule has 20 heavy (non-hydrogen) atoms. The van der Waals surface area contributed by atoms with E-state index >= 15 is 0 Å². The van der Waals surface area contributed by atoms with Gasteiger partial charge in [0.15, 0.2) is 0 Å². The number of rotatable bonds is 4. The second-order valence-electron chi connectivity index (χ2n) is 3.90. The van der Waals surface area contributed by atoms with E-state index in [2.05, 4.69) is 20.9 Å². The molecule has 0 unspecified atom stereocenters. The summed E-state index contributed by atoms with van der Waals surface area (Å²) in [6.45, 7) is 0.148. The summed E-state index contributed by atoms with van der Waals surface area (Å²) in [5.74, 6) is 0.205. The summed E-state index contributed by atoms with van der Waals surface area (Å²) in [6, 6.07) is 8.51. The molecule has 0 bridgehead atoms. The van der Waals surface area contributed by atoms with Crippen molar-refractivity contribution < 1.29 is 14.3 Å². The van der Waals surface area contributed by atoms with Crippen molar-refractivity contribution in [3.63, 3.8) is 0 Å². The van der Waals surface area contributed by atoms with Crippen molar-refractivity contribution in [3.05, 3.63) is 57.3 Å². The third-order valence-corrected chi connectivity index (χ3v) is 3.37. The lowest BCUT2D eigenvalue weighted by atomic mass is 10.2. The van der Waals surface area contributed by atoms with Gasteiger partial charge in [-0.2, -0.15) is 0 Å². The molecule has 6 heteroatoms. The normalized spacial score (nSPS) is 10.2. The Labute approximate surface area is 129 Å². The van der Waals surface area contributed by atoms with E-state index in [0.29, 0.717) is 5.02 Å². The SMILES string of the molecule is COc1ccc(COC(=O)c2cc(Cl)ccn2)cc1Br. The second kappa shape index (κ2) is 6.72. The third-order valence-electron chi connectivity index (χ3n) is 2.52. The molecule has 1 heterocycles. The highest BCUT2D eigenvalue weighted by Gasteiger charge is 2.10. The number of ether oxygens (including phenoxy) is 2. The van der Waals surface area contributed by atoms with Gasteiger partial charge in [-0.1, -0.05) is 17.7 Å². The van der Waals surface area contributed by atoms with E-state index < -0.39 is 5.97 Å². The largest absolute Gasteiger partial charge is 0.496 e. The van der Waals surface area contributed by atoms with Crippen LogP contribution in [0.4, 0.5) is 0 Å². The van der Waals surface area contributed by atoms with E-state index in [1.807, 2.05) is 12.1 Å². The minimum atomic E-state index is -0.514. The molecule has 0 atom stereocenters. The summed E-state index contributed by atoms with van der Waals surface area (Å²) in [5, 5.41) is 0.444. The molecule has 1 aromatic heterocycles. The lowest BCUT2D eigenvalue weighted by Crippen LogP contribution is -2.07. The first kappa shape index (κ1) is 14.8. The third kappa shape index (κ3) is 3.71. The van der Waals surface area contributed by atoms with E-state index in [1.165, 1.54) is 12.3 Å². The quantitative estimate of drug-likeness (QED) is 0.781. The Hall–Kier alpha value is -1.59. The number of benzene rings is 1. The Bertz CT molecular complexity index is 634. The summed E-state index contributed by atoms with van der Waals surface area (Å²) < 4.78 is 11.1. The lowest BCUT2D eigenvalue weighted by molar-refractivity contribution is 0.0465. The minimum absolute atomic E-state index is 0.148. The van der Waals surface area contributed by atoms with Gasteiger partial charge in [-0.15, -0.1) is 0 Å². The van der Waals surface area contributed by atoms with Gasteiger partial charge in [0.2, 0.25) is 0 Å². The van der Waals surface area contributed by atoms with Crippen molar-refractivity contribution >= 4 is 33.5 Å². The molecule has 0 saturated carbocycles. The highest BCUT2D eigenvalue weighted by atomic mass is 79.9. The maximum atomic E-state index is 11.8. The smallest absolute Gasteiger partial charge is 0.357 e. The van der Waals surface area contributed by atoms with Gasteiger partial charge in [0.1, 0.15) is 18.1 Å². The number of esters is 1. The van der Waals surface area contributed by atoms with Crippen LogP contribution in [0.25, 0.3) is 0 Å². The average molecular weight is 357 g/mol. The highest BCUT2D eigenvalue weighted by Crippen LogP contribution is 2.25. The Morgan fingerprint density at radius 1 is 1.35 bits per heavy atom. The van der Waals surface area contributed by atoms with Crippen LogP contribution < -0.4 is 4.74 Å². The number of carbonyl (C=O) groups is 1. The molecule has 0 aliphatic carbocycles. The number of halogens is 2. The molecule has 104 valence electrons. The zero-order valence-corrected chi connectivity index (χ0v) is 12.9.